The molecule has 0 atom stereocenters. The zero-order valence-electron chi connectivity index (χ0n) is 10.7. The van der Waals surface area contributed by atoms with Crippen LogP contribution < -0.4 is 16.0 Å². The van der Waals surface area contributed by atoms with Crippen molar-refractivity contribution in [2.75, 3.05) is 5.43 Å². The number of nitrogens with two attached hydrogens (primary N) is 1. The van der Waals surface area contributed by atoms with Gasteiger partial charge in [0, 0.05) is 6.07 Å². The zero-order valence-corrected chi connectivity index (χ0v) is 10.7. The Hall–Kier alpha value is -2.21. The van der Waals surface area contributed by atoms with Crippen molar-refractivity contribution in [1.82, 2.24) is 4.98 Å². The molecule has 0 aliphatic carbocycles. The number of aryl methyl sites for hydroxylation is 1. The number of aromatic nitrogens is 1. The molecule has 1 heterocycles. The number of hydrazine groups is 1. The Morgan fingerprint density at radius 3 is 2.68 bits per heavy atom. The number of nitrogen functional groups attached to an aromatic ring is 1. The van der Waals surface area contributed by atoms with Gasteiger partial charge in [0.2, 0.25) is 5.88 Å². The molecule has 0 amide bonds. The van der Waals surface area contributed by atoms with Crippen LogP contribution in [-0.4, -0.2) is 4.98 Å². The summed E-state index contributed by atoms with van der Waals surface area (Å²) in [5.74, 6) is 3.02. The van der Waals surface area contributed by atoms with Gasteiger partial charge in [0.05, 0.1) is 11.9 Å². The first-order valence-electron chi connectivity index (χ1n) is 5.49. The van der Waals surface area contributed by atoms with Gasteiger partial charge in [-0.25, -0.2) is 13.8 Å². The summed E-state index contributed by atoms with van der Waals surface area (Å²) >= 11 is 0. The summed E-state index contributed by atoms with van der Waals surface area (Å²) in [6.07, 6.45) is 3.35. The van der Waals surface area contributed by atoms with Gasteiger partial charge in [0.25, 0.3) is 0 Å². The minimum Gasteiger partial charge on any atom is -0.433 e. The fourth-order valence-corrected chi connectivity index (χ4v) is 1.28. The number of halogens is 2. The molecule has 19 heavy (non-hydrogen) atoms. The Kier molecular flexibility index (Phi) is 5.20. The van der Waals surface area contributed by atoms with Gasteiger partial charge in [-0.2, -0.15) is 0 Å². The van der Waals surface area contributed by atoms with Crippen LogP contribution in [0.5, 0.6) is 5.88 Å². The smallest absolute Gasteiger partial charge is 0.219 e. The summed E-state index contributed by atoms with van der Waals surface area (Å²) in [6.45, 7) is 6.41. The second-order valence-corrected chi connectivity index (χ2v) is 3.60. The molecule has 0 radical (unpaired) electrons. The molecule has 0 aliphatic rings. The first-order chi connectivity index (χ1) is 9.03. The molecule has 3 N–H and O–H groups in total. The van der Waals surface area contributed by atoms with Gasteiger partial charge >= 0.3 is 0 Å². The van der Waals surface area contributed by atoms with E-state index in [-0.39, 0.29) is 5.88 Å². The molecular weight excluding hydrogens is 252 g/mol. The van der Waals surface area contributed by atoms with Crippen molar-refractivity contribution >= 4 is 5.69 Å². The van der Waals surface area contributed by atoms with Crippen molar-refractivity contribution in [3.63, 3.8) is 0 Å². The lowest BCUT2D eigenvalue weighted by Crippen LogP contribution is -2.09. The minimum absolute atomic E-state index is 0.0560. The van der Waals surface area contributed by atoms with Gasteiger partial charge in [0.15, 0.2) is 17.4 Å². The average molecular weight is 267 g/mol. The quantitative estimate of drug-likeness (QED) is 0.372. The average Bonchev–Trinajstić information content (AvgIpc) is 2.43. The van der Waals surface area contributed by atoms with E-state index >= 15 is 0 Å². The number of ether oxygens (including phenoxy) is 1. The summed E-state index contributed by atoms with van der Waals surface area (Å²) in [7, 11) is 0. The van der Waals surface area contributed by atoms with Crippen LogP contribution in [0, 0.1) is 6.92 Å². The van der Waals surface area contributed by atoms with Crippen molar-refractivity contribution in [2.45, 2.75) is 13.8 Å². The lowest BCUT2D eigenvalue weighted by molar-refractivity contribution is 0.369. The number of nitrogens with one attached hydrogen (secondary N) is 1. The predicted molar refractivity (Wildman–Crippen MR) is 70.6 cm³/mol. The number of hydrogen-bond acceptors (Lipinski definition) is 4. The lowest BCUT2D eigenvalue weighted by atomic mass is 10.2. The normalized spacial score (nSPS) is 12.8. The maximum absolute atomic E-state index is 13.5. The molecule has 0 saturated carbocycles. The molecule has 1 aromatic heterocycles. The topological polar surface area (TPSA) is 60.2 Å². The lowest BCUT2D eigenvalue weighted by Gasteiger charge is -2.10. The van der Waals surface area contributed by atoms with E-state index < -0.39 is 17.4 Å². The molecule has 0 saturated heterocycles. The molecular formula is C13H15F2N3O. The fourth-order valence-electron chi connectivity index (χ4n) is 1.28. The van der Waals surface area contributed by atoms with Crippen LogP contribution in [0.3, 0.4) is 0 Å². The highest BCUT2D eigenvalue weighted by Gasteiger charge is 2.14. The molecule has 0 fully saturated rings. The Morgan fingerprint density at radius 2 is 2.21 bits per heavy atom. The molecule has 0 spiro atoms. The number of pyridine rings is 1. The van der Waals surface area contributed by atoms with Crippen LogP contribution in [0.2, 0.25) is 0 Å². The van der Waals surface area contributed by atoms with E-state index in [4.69, 9.17) is 10.6 Å². The van der Waals surface area contributed by atoms with E-state index in [9.17, 15) is 8.78 Å². The molecule has 0 unspecified atom stereocenters. The number of nitrogens with zero attached hydrogens (tertiary/aromatic N) is 1. The van der Waals surface area contributed by atoms with Crippen molar-refractivity contribution in [1.29, 1.82) is 0 Å². The van der Waals surface area contributed by atoms with Crippen LogP contribution in [0.4, 0.5) is 14.5 Å². The first kappa shape index (κ1) is 14.8. The van der Waals surface area contributed by atoms with Crippen LogP contribution in [0.15, 0.2) is 48.4 Å². The number of rotatable bonds is 5. The van der Waals surface area contributed by atoms with Crippen LogP contribution >= 0.6 is 0 Å². The zero-order chi connectivity index (χ0) is 14.4. The van der Waals surface area contributed by atoms with Gasteiger partial charge in [-0.3, -0.25) is 5.84 Å². The van der Waals surface area contributed by atoms with Gasteiger partial charge in [0.1, 0.15) is 0 Å². The molecule has 102 valence electrons. The van der Waals surface area contributed by atoms with E-state index in [1.165, 1.54) is 19.2 Å². The van der Waals surface area contributed by atoms with Crippen LogP contribution in [-0.2, 0) is 0 Å². The monoisotopic (exact) mass is 267 g/mol. The van der Waals surface area contributed by atoms with Crippen molar-refractivity contribution in [2.24, 2.45) is 5.84 Å². The third-order valence-corrected chi connectivity index (χ3v) is 2.31. The van der Waals surface area contributed by atoms with E-state index in [2.05, 4.69) is 17.0 Å². The molecule has 0 aliphatic heterocycles. The SMILES string of the molecule is C=C/C(F)=C(Oc1cc(C)c(NN)cn1)\C(F)=C/C. The molecule has 0 aromatic carbocycles. The standard InChI is InChI=1S/C13H15F2N3O/c1-4-9(14)13(10(15)5-2)19-12-6-8(3)11(18-16)7-17-12/h4-7,18H,1,16H2,2-3H3/b10-5+,13-9-. The summed E-state index contributed by atoms with van der Waals surface area (Å²) in [5, 5.41) is 0. The fraction of sp³-hybridized carbons (Fsp3) is 0.154. The van der Waals surface area contributed by atoms with Crippen molar-refractivity contribution < 1.29 is 13.5 Å². The third-order valence-electron chi connectivity index (χ3n) is 2.31. The summed E-state index contributed by atoms with van der Waals surface area (Å²) in [4.78, 5) is 3.89. The number of allylic oxidation sites excluding steroid dienone is 4. The second-order valence-electron chi connectivity index (χ2n) is 3.60. The second kappa shape index (κ2) is 6.65. The van der Waals surface area contributed by atoms with E-state index in [0.717, 1.165) is 17.7 Å². The number of hydrogen-bond donors (Lipinski definition) is 2. The Labute approximate surface area is 110 Å². The number of anilines is 1. The maximum Gasteiger partial charge on any atom is 0.219 e. The molecule has 1 rings (SSSR count). The van der Waals surface area contributed by atoms with Crippen molar-refractivity contribution in [3.8, 4) is 5.88 Å². The van der Waals surface area contributed by atoms with E-state index in [0.29, 0.717) is 5.69 Å². The van der Waals surface area contributed by atoms with Crippen LogP contribution in [0.25, 0.3) is 0 Å². The Balaban J connectivity index is 3.11. The van der Waals surface area contributed by atoms with Crippen LogP contribution in [0.1, 0.15) is 12.5 Å². The van der Waals surface area contributed by atoms with E-state index in [1.807, 2.05) is 0 Å². The maximum atomic E-state index is 13.5. The van der Waals surface area contributed by atoms with E-state index in [1.54, 1.807) is 6.92 Å². The van der Waals surface area contributed by atoms with Gasteiger partial charge in [-0.05, 0) is 31.6 Å². The van der Waals surface area contributed by atoms with Gasteiger partial charge < -0.3 is 10.2 Å². The molecule has 4 nitrogen and oxygen atoms in total. The summed E-state index contributed by atoms with van der Waals surface area (Å²) in [5.41, 5.74) is 3.76. The van der Waals surface area contributed by atoms with Gasteiger partial charge in [-0.1, -0.05) is 6.58 Å². The molecule has 0 bridgehead atoms. The largest absolute Gasteiger partial charge is 0.433 e. The highest BCUT2D eigenvalue weighted by Crippen LogP contribution is 2.24. The van der Waals surface area contributed by atoms with Gasteiger partial charge in [-0.15, -0.1) is 0 Å². The highest BCUT2D eigenvalue weighted by molar-refractivity contribution is 5.49. The van der Waals surface area contributed by atoms with Crippen molar-refractivity contribution in [3.05, 3.63) is 54.0 Å². The third kappa shape index (κ3) is 3.62. The Bertz CT molecular complexity index is 539. The highest BCUT2D eigenvalue weighted by atomic mass is 19.1. The first-order valence-corrected chi connectivity index (χ1v) is 5.49. The molecule has 6 heteroatoms. The molecule has 1 aromatic rings. The predicted octanol–water partition coefficient (Wildman–Crippen LogP) is 3.29. The minimum atomic E-state index is -0.906. The summed E-state index contributed by atoms with van der Waals surface area (Å²) in [6, 6.07) is 1.51. The summed E-state index contributed by atoms with van der Waals surface area (Å²) < 4.78 is 32.1. The Morgan fingerprint density at radius 1 is 1.53 bits per heavy atom.